The number of carbonyl (C=O) groups is 1. The van der Waals surface area contributed by atoms with E-state index in [1.165, 1.54) is 5.56 Å². The molecule has 0 aliphatic carbocycles. The molecule has 26 heavy (non-hydrogen) atoms. The largest absolute Gasteiger partial charge is 0.496 e. The predicted octanol–water partition coefficient (Wildman–Crippen LogP) is 4.70. The van der Waals surface area contributed by atoms with Crippen molar-refractivity contribution in [3.8, 4) is 5.75 Å². The average Bonchev–Trinajstić information content (AvgIpc) is 2.60. The van der Waals surface area contributed by atoms with E-state index in [2.05, 4.69) is 44.3 Å². The smallest absolute Gasteiger partial charge is 0.224 e. The van der Waals surface area contributed by atoms with E-state index in [4.69, 9.17) is 4.74 Å². The Morgan fingerprint density at radius 3 is 2.46 bits per heavy atom. The molecule has 1 N–H and O–H groups in total. The molecule has 2 rings (SSSR count). The van der Waals surface area contributed by atoms with Crippen LogP contribution < -0.4 is 10.1 Å². The summed E-state index contributed by atoms with van der Waals surface area (Å²) < 4.78 is 5.40. The van der Waals surface area contributed by atoms with Gasteiger partial charge in [-0.25, -0.2) is 0 Å². The number of rotatable bonds is 8. The Morgan fingerprint density at radius 1 is 1.08 bits per heavy atom. The molecule has 0 aliphatic heterocycles. The van der Waals surface area contributed by atoms with Gasteiger partial charge in [0.25, 0.3) is 0 Å². The van der Waals surface area contributed by atoms with Crippen LogP contribution >= 0.6 is 0 Å². The zero-order valence-electron chi connectivity index (χ0n) is 16.6. The summed E-state index contributed by atoms with van der Waals surface area (Å²) in [5, 5.41) is 3.02. The van der Waals surface area contributed by atoms with Crippen molar-refractivity contribution < 1.29 is 9.53 Å². The second-order valence-corrected chi connectivity index (χ2v) is 7.45. The molecule has 0 radical (unpaired) electrons. The standard InChI is InChI=1S/C23H31NO2/c1-16(2)18(4)12-19-9-7-10-20(13-19)14-23(25)24-15-21-17(3)8-6-11-22(21)26-5/h6-11,13,16,18H,12,14-15H2,1-5H3,(H,24,25). The molecule has 2 aromatic rings. The maximum Gasteiger partial charge on any atom is 0.224 e. The minimum absolute atomic E-state index is 0.0318. The molecule has 0 spiro atoms. The van der Waals surface area contributed by atoms with Crippen LogP contribution in [0.25, 0.3) is 0 Å². The highest BCUT2D eigenvalue weighted by Gasteiger charge is 2.11. The number of aryl methyl sites for hydroxylation is 1. The number of ether oxygens (including phenoxy) is 1. The summed E-state index contributed by atoms with van der Waals surface area (Å²) >= 11 is 0. The number of carbonyl (C=O) groups excluding carboxylic acids is 1. The van der Waals surface area contributed by atoms with Gasteiger partial charge in [0.1, 0.15) is 5.75 Å². The van der Waals surface area contributed by atoms with Gasteiger partial charge in [-0.1, -0.05) is 57.2 Å². The van der Waals surface area contributed by atoms with Crippen molar-refractivity contribution in [1.82, 2.24) is 5.32 Å². The highest BCUT2D eigenvalue weighted by Crippen LogP contribution is 2.21. The molecule has 2 aromatic carbocycles. The summed E-state index contributed by atoms with van der Waals surface area (Å²) in [4.78, 5) is 12.4. The summed E-state index contributed by atoms with van der Waals surface area (Å²) in [6.07, 6.45) is 1.45. The first-order valence-electron chi connectivity index (χ1n) is 9.37. The zero-order chi connectivity index (χ0) is 19.1. The fraction of sp³-hybridized carbons (Fsp3) is 0.435. The fourth-order valence-electron chi connectivity index (χ4n) is 3.00. The van der Waals surface area contributed by atoms with Crippen LogP contribution in [0.1, 0.15) is 43.0 Å². The van der Waals surface area contributed by atoms with Crippen molar-refractivity contribution >= 4 is 5.91 Å². The fourth-order valence-corrected chi connectivity index (χ4v) is 3.00. The Balaban J connectivity index is 1.96. The maximum atomic E-state index is 12.4. The first-order valence-corrected chi connectivity index (χ1v) is 9.37. The summed E-state index contributed by atoms with van der Waals surface area (Å²) in [7, 11) is 1.66. The van der Waals surface area contributed by atoms with Crippen LogP contribution in [-0.2, 0) is 24.2 Å². The zero-order valence-corrected chi connectivity index (χ0v) is 16.6. The first-order chi connectivity index (χ1) is 12.4. The number of hydrogen-bond acceptors (Lipinski definition) is 2. The van der Waals surface area contributed by atoms with Gasteiger partial charge >= 0.3 is 0 Å². The molecular weight excluding hydrogens is 322 g/mol. The molecule has 0 saturated carbocycles. The van der Waals surface area contributed by atoms with Crippen LogP contribution in [0.3, 0.4) is 0 Å². The van der Waals surface area contributed by atoms with Gasteiger partial charge in [0.2, 0.25) is 5.91 Å². The number of benzene rings is 2. The Bertz CT molecular complexity index is 737. The molecule has 0 saturated heterocycles. The summed E-state index contributed by atoms with van der Waals surface area (Å²) in [5.41, 5.74) is 4.52. The van der Waals surface area contributed by atoms with Crippen LogP contribution in [0, 0.1) is 18.8 Å². The Kier molecular flexibility index (Phi) is 7.26. The maximum absolute atomic E-state index is 12.4. The van der Waals surface area contributed by atoms with Crippen LogP contribution in [0.4, 0.5) is 0 Å². The third kappa shape index (κ3) is 5.62. The van der Waals surface area contributed by atoms with Gasteiger partial charge in [0, 0.05) is 12.1 Å². The minimum Gasteiger partial charge on any atom is -0.496 e. The van der Waals surface area contributed by atoms with Crippen LogP contribution in [0.15, 0.2) is 42.5 Å². The molecule has 0 aromatic heterocycles. The highest BCUT2D eigenvalue weighted by atomic mass is 16.5. The van der Waals surface area contributed by atoms with Gasteiger partial charge in [0.15, 0.2) is 0 Å². The van der Waals surface area contributed by atoms with E-state index in [1.807, 2.05) is 31.2 Å². The topological polar surface area (TPSA) is 38.3 Å². The third-order valence-corrected chi connectivity index (χ3v) is 5.10. The van der Waals surface area contributed by atoms with E-state index in [0.29, 0.717) is 24.8 Å². The first kappa shape index (κ1) is 20.0. The quantitative estimate of drug-likeness (QED) is 0.747. The lowest BCUT2D eigenvalue weighted by Crippen LogP contribution is -2.25. The van der Waals surface area contributed by atoms with Gasteiger partial charge in [-0.15, -0.1) is 0 Å². The Hall–Kier alpha value is -2.29. The molecule has 0 fully saturated rings. The minimum atomic E-state index is 0.0318. The van der Waals surface area contributed by atoms with E-state index >= 15 is 0 Å². The molecule has 0 heterocycles. The summed E-state index contributed by atoms with van der Waals surface area (Å²) in [5.74, 6) is 2.14. The van der Waals surface area contributed by atoms with Crippen molar-refractivity contribution in [2.45, 2.75) is 47.1 Å². The second-order valence-electron chi connectivity index (χ2n) is 7.45. The van der Waals surface area contributed by atoms with E-state index in [1.54, 1.807) is 7.11 Å². The van der Waals surface area contributed by atoms with Gasteiger partial charge in [0.05, 0.1) is 13.5 Å². The van der Waals surface area contributed by atoms with E-state index in [-0.39, 0.29) is 5.91 Å². The van der Waals surface area contributed by atoms with Crippen LogP contribution in [-0.4, -0.2) is 13.0 Å². The number of amides is 1. The Labute approximate surface area is 157 Å². The lowest BCUT2D eigenvalue weighted by atomic mass is 9.90. The van der Waals surface area contributed by atoms with Crippen LogP contribution in [0.5, 0.6) is 5.75 Å². The van der Waals surface area contributed by atoms with Crippen molar-refractivity contribution in [1.29, 1.82) is 0 Å². The summed E-state index contributed by atoms with van der Waals surface area (Å²) in [6.45, 7) is 9.30. The monoisotopic (exact) mass is 353 g/mol. The van der Waals surface area contributed by atoms with E-state index < -0.39 is 0 Å². The number of methoxy groups -OCH3 is 1. The predicted molar refractivity (Wildman–Crippen MR) is 107 cm³/mol. The SMILES string of the molecule is COc1cccc(C)c1CNC(=O)Cc1cccc(CC(C)C(C)C)c1. The normalized spacial score (nSPS) is 12.1. The molecule has 1 atom stereocenters. The average molecular weight is 354 g/mol. The highest BCUT2D eigenvalue weighted by molar-refractivity contribution is 5.78. The molecule has 3 nitrogen and oxygen atoms in total. The molecule has 1 amide bonds. The van der Waals surface area contributed by atoms with Gasteiger partial charge in [-0.3, -0.25) is 4.79 Å². The molecule has 0 bridgehead atoms. The number of hydrogen-bond donors (Lipinski definition) is 1. The van der Waals surface area contributed by atoms with Gasteiger partial charge in [-0.2, -0.15) is 0 Å². The lowest BCUT2D eigenvalue weighted by Gasteiger charge is -2.16. The molecule has 3 heteroatoms. The summed E-state index contributed by atoms with van der Waals surface area (Å²) in [6, 6.07) is 14.3. The van der Waals surface area contributed by atoms with Crippen LogP contribution in [0.2, 0.25) is 0 Å². The molecule has 0 aliphatic rings. The molecule has 1 unspecified atom stereocenters. The third-order valence-electron chi connectivity index (χ3n) is 5.10. The molecule has 140 valence electrons. The van der Waals surface area contributed by atoms with Crippen molar-refractivity contribution in [3.63, 3.8) is 0 Å². The van der Waals surface area contributed by atoms with Gasteiger partial charge < -0.3 is 10.1 Å². The van der Waals surface area contributed by atoms with E-state index in [9.17, 15) is 4.79 Å². The molecular formula is C23H31NO2. The second kappa shape index (κ2) is 9.42. The lowest BCUT2D eigenvalue weighted by molar-refractivity contribution is -0.120. The van der Waals surface area contributed by atoms with Crippen molar-refractivity contribution in [2.24, 2.45) is 11.8 Å². The van der Waals surface area contributed by atoms with Crippen molar-refractivity contribution in [3.05, 3.63) is 64.7 Å². The van der Waals surface area contributed by atoms with E-state index in [0.717, 1.165) is 28.9 Å². The van der Waals surface area contributed by atoms with Gasteiger partial charge in [-0.05, 0) is 47.9 Å². The number of nitrogens with one attached hydrogen (secondary N) is 1. The Morgan fingerprint density at radius 2 is 1.77 bits per heavy atom. The van der Waals surface area contributed by atoms with Crippen molar-refractivity contribution in [2.75, 3.05) is 7.11 Å².